The second-order valence-electron chi connectivity index (χ2n) is 16.0. The van der Waals surface area contributed by atoms with E-state index in [9.17, 15) is 19.2 Å². The highest BCUT2D eigenvalue weighted by Gasteiger charge is 2.68. The summed E-state index contributed by atoms with van der Waals surface area (Å²) in [6.45, 7) is 16.6. The lowest BCUT2D eigenvalue weighted by Gasteiger charge is -2.29. The Morgan fingerprint density at radius 3 is 2.44 bits per heavy atom. The summed E-state index contributed by atoms with van der Waals surface area (Å²) in [7, 11) is 1.58. The van der Waals surface area contributed by atoms with Crippen LogP contribution in [0.5, 0.6) is 17.2 Å². The smallest absolute Gasteiger partial charge is 0.408 e. The normalized spacial score (nSPS) is 21.2. The molecule has 2 aliphatic rings. The van der Waals surface area contributed by atoms with Crippen LogP contribution >= 0.6 is 0 Å². The highest BCUT2D eigenvalue weighted by atomic mass is 16.6. The molecule has 13 heteroatoms. The van der Waals surface area contributed by atoms with Crippen molar-refractivity contribution >= 4 is 40.9 Å². The highest BCUT2D eigenvalue weighted by molar-refractivity contribution is 5.98. The van der Waals surface area contributed by atoms with Crippen molar-refractivity contribution in [2.75, 3.05) is 26.9 Å². The maximum Gasteiger partial charge on any atom is 0.408 e. The van der Waals surface area contributed by atoms with Crippen LogP contribution in [0.2, 0.25) is 0 Å². The van der Waals surface area contributed by atoms with Crippen LogP contribution in [0.1, 0.15) is 46.6 Å². The molecule has 1 aliphatic carbocycles. The van der Waals surface area contributed by atoms with Crippen molar-refractivity contribution in [3.8, 4) is 28.5 Å². The molecule has 13 nitrogen and oxygen atoms in total. The van der Waals surface area contributed by atoms with Gasteiger partial charge in [0.15, 0.2) is 0 Å². The van der Waals surface area contributed by atoms with E-state index in [0.717, 1.165) is 5.56 Å². The van der Waals surface area contributed by atoms with Gasteiger partial charge in [-0.1, -0.05) is 80.3 Å². The van der Waals surface area contributed by atoms with Crippen LogP contribution in [-0.4, -0.2) is 90.0 Å². The number of pyridine rings is 1. The lowest BCUT2D eigenvalue weighted by Crippen LogP contribution is -2.56. The van der Waals surface area contributed by atoms with Gasteiger partial charge in [0.1, 0.15) is 53.2 Å². The molecule has 2 fully saturated rings. The minimum absolute atomic E-state index is 0.0460. The van der Waals surface area contributed by atoms with E-state index in [1.807, 2.05) is 67.6 Å². The SMILES string of the molecule is C=CCOc1cccc(/C=C/C(NC(=O)OC(C)(C)C)C(=O)N2CC(Oc3cc(-c4ccccc4)nc4cc(OC)ccc34)C[C@H]2C(=O)NC2(C(=O)OCC)C(C)C2C=C)c1. The van der Waals surface area contributed by atoms with Gasteiger partial charge >= 0.3 is 12.1 Å². The fourth-order valence-corrected chi connectivity index (χ4v) is 7.68. The molecule has 320 valence electrons. The van der Waals surface area contributed by atoms with E-state index in [1.165, 1.54) is 11.0 Å². The van der Waals surface area contributed by atoms with Gasteiger partial charge in [-0.2, -0.15) is 0 Å². The molecule has 1 saturated heterocycles. The number of rotatable bonds is 16. The molecule has 1 aromatic heterocycles. The van der Waals surface area contributed by atoms with E-state index in [1.54, 1.807) is 71.2 Å². The van der Waals surface area contributed by atoms with Gasteiger partial charge in [-0.3, -0.25) is 9.59 Å². The molecule has 0 spiro atoms. The van der Waals surface area contributed by atoms with Gasteiger partial charge in [0, 0.05) is 35.4 Å². The van der Waals surface area contributed by atoms with E-state index in [0.29, 0.717) is 46.0 Å². The summed E-state index contributed by atoms with van der Waals surface area (Å²) < 4.78 is 29.0. The van der Waals surface area contributed by atoms with Crippen LogP contribution < -0.4 is 24.8 Å². The Labute approximate surface area is 356 Å². The number of hydrogen-bond donors (Lipinski definition) is 2. The third-order valence-corrected chi connectivity index (χ3v) is 10.7. The van der Waals surface area contributed by atoms with E-state index >= 15 is 0 Å². The fourth-order valence-electron chi connectivity index (χ4n) is 7.68. The van der Waals surface area contributed by atoms with Crippen LogP contribution in [0.4, 0.5) is 4.79 Å². The Kier molecular flexibility index (Phi) is 13.5. The fraction of sp³-hybridized carbons (Fsp3) is 0.354. The maximum absolute atomic E-state index is 14.9. The average molecular weight is 831 g/mol. The van der Waals surface area contributed by atoms with Crippen molar-refractivity contribution in [2.45, 2.75) is 70.4 Å². The van der Waals surface area contributed by atoms with E-state index < -0.39 is 53.2 Å². The number of esters is 1. The lowest BCUT2D eigenvalue weighted by molar-refractivity contribution is -0.150. The summed E-state index contributed by atoms with van der Waals surface area (Å²) in [5.41, 5.74) is 0.589. The number of nitrogens with one attached hydrogen (secondary N) is 2. The largest absolute Gasteiger partial charge is 0.497 e. The predicted molar refractivity (Wildman–Crippen MR) is 233 cm³/mol. The Morgan fingerprint density at radius 1 is 1.00 bits per heavy atom. The van der Waals surface area contributed by atoms with E-state index in [-0.39, 0.29) is 31.4 Å². The van der Waals surface area contributed by atoms with Gasteiger partial charge in [-0.05, 0) is 63.4 Å². The molecule has 1 saturated carbocycles. The second kappa shape index (κ2) is 18.7. The summed E-state index contributed by atoms with van der Waals surface area (Å²) in [4.78, 5) is 62.6. The standard InChI is InChI=1S/C48H54N4O9/c1-9-24-59-34-19-15-16-31(25-34)20-23-38(50-46(56)61-47(5,6)7)44(54)52-29-35(27-41(52)43(53)51-48(45(55)58-11-3)30(4)37(48)10-2)60-42-28-39(32-17-13-12-14-18-32)49-40-26-33(57-8)21-22-36(40)42/h9-10,12-23,25-26,28,30,35,37-38,41H,1-2,11,24,27,29H2,3-8H3,(H,50,56)(H,51,53)/b23-20+/t30?,35?,37?,38?,41-,48?/m0/s1. The molecule has 61 heavy (non-hydrogen) atoms. The van der Waals surface area contributed by atoms with Crippen molar-refractivity contribution < 1.29 is 42.9 Å². The number of amides is 3. The van der Waals surface area contributed by atoms with Crippen LogP contribution in [-0.2, 0) is 23.9 Å². The summed E-state index contributed by atoms with van der Waals surface area (Å²) in [6.07, 6.45) is 4.98. The molecule has 5 unspecified atom stereocenters. The quantitative estimate of drug-likeness (QED) is 0.0869. The summed E-state index contributed by atoms with van der Waals surface area (Å²) in [5, 5.41) is 6.37. The zero-order valence-electron chi connectivity index (χ0n) is 35.5. The van der Waals surface area contributed by atoms with Crippen molar-refractivity contribution in [1.82, 2.24) is 20.5 Å². The van der Waals surface area contributed by atoms with Crippen LogP contribution in [0.15, 0.2) is 110 Å². The summed E-state index contributed by atoms with van der Waals surface area (Å²) in [5.74, 6) is -0.776. The molecule has 6 atom stereocenters. The topological polar surface area (TPSA) is 155 Å². The molecule has 0 radical (unpaired) electrons. The molecule has 3 aromatic carbocycles. The van der Waals surface area contributed by atoms with Crippen molar-refractivity contribution in [2.24, 2.45) is 11.8 Å². The first-order valence-corrected chi connectivity index (χ1v) is 20.4. The van der Waals surface area contributed by atoms with Crippen LogP contribution in [0, 0.1) is 11.8 Å². The number of likely N-dealkylation sites (tertiary alicyclic amines) is 1. The Hall–Kier alpha value is -6.63. The Balaban J connectivity index is 1.38. The maximum atomic E-state index is 14.9. The molecule has 1 aliphatic heterocycles. The number of carbonyl (C=O) groups excluding carboxylic acids is 4. The zero-order chi connectivity index (χ0) is 43.9. The number of aromatic nitrogens is 1. The third kappa shape index (κ3) is 10.1. The number of carbonyl (C=O) groups is 4. The van der Waals surface area contributed by atoms with E-state index in [4.69, 9.17) is 28.7 Å². The first kappa shape index (κ1) is 43.9. The number of alkyl carbamates (subject to hydrolysis) is 1. The summed E-state index contributed by atoms with van der Waals surface area (Å²) >= 11 is 0. The van der Waals surface area contributed by atoms with Crippen LogP contribution in [0.3, 0.4) is 0 Å². The van der Waals surface area contributed by atoms with Gasteiger partial charge in [-0.25, -0.2) is 14.6 Å². The lowest BCUT2D eigenvalue weighted by atomic mass is 10.1. The first-order chi connectivity index (χ1) is 29.2. The number of hydrogen-bond acceptors (Lipinski definition) is 10. The molecular weight excluding hydrogens is 777 g/mol. The molecule has 3 amide bonds. The minimum Gasteiger partial charge on any atom is -0.497 e. The first-order valence-electron chi connectivity index (χ1n) is 20.4. The zero-order valence-corrected chi connectivity index (χ0v) is 35.5. The summed E-state index contributed by atoms with van der Waals surface area (Å²) in [6, 6.07) is 21.7. The molecular formula is C48H54N4O9. The molecule has 4 aromatic rings. The number of ether oxygens (including phenoxy) is 5. The van der Waals surface area contributed by atoms with Crippen molar-refractivity contribution in [3.63, 3.8) is 0 Å². The molecule has 2 heterocycles. The van der Waals surface area contributed by atoms with Crippen molar-refractivity contribution in [1.29, 1.82) is 0 Å². The molecule has 6 rings (SSSR count). The number of benzene rings is 3. The Bertz CT molecular complexity index is 2310. The number of methoxy groups -OCH3 is 1. The average Bonchev–Trinajstić information content (AvgIpc) is 3.57. The number of nitrogens with zero attached hydrogens (tertiary/aromatic N) is 2. The monoisotopic (exact) mass is 830 g/mol. The minimum atomic E-state index is -1.36. The van der Waals surface area contributed by atoms with Gasteiger partial charge in [0.2, 0.25) is 11.8 Å². The molecule has 2 N–H and O–H groups in total. The highest BCUT2D eigenvalue weighted by Crippen LogP contribution is 2.52. The molecule has 0 bridgehead atoms. The number of fused-ring (bicyclic) bond motifs is 1. The third-order valence-electron chi connectivity index (χ3n) is 10.7. The van der Waals surface area contributed by atoms with Gasteiger partial charge < -0.3 is 39.2 Å². The van der Waals surface area contributed by atoms with Gasteiger partial charge in [0.25, 0.3) is 0 Å². The Morgan fingerprint density at radius 2 is 1.77 bits per heavy atom. The van der Waals surface area contributed by atoms with Crippen LogP contribution in [0.25, 0.3) is 28.2 Å². The van der Waals surface area contributed by atoms with Gasteiger partial charge in [-0.15, -0.1) is 6.58 Å². The second-order valence-corrected chi connectivity index (χ2v) is 16.0. The predicted octanol–water partition coefficient (Wildman–Crippen LogP) is 7.30. The van der Waals surface area contributed by atoms with Gasteiger partial charge in [0.05, 0.1) is 31.5 Å². The van der Waals surface area contributed by atoms with E-state index in [2.05, 4.69) is 23.8 Å². The van der Waals surface area contributed by atoms with Crippen molar-refractivity contribution in [3.05, 3.63) is 116 Å².